The van der Waals surface area contributed by atoms with Crippen LogP contribution in [-0.4, -0.2) is 33.0 Å². The predicted molar refractivity (Wildman–Crippen MR) is 74.1 cm³/mol. The van der Waals surface area contributed by atoms with Gasteiger partial charge in [-0.3, -0.25) is 0 Å². The molecule has 1 aliphatic rings. The molecule has 0 saturated carbocycles. The molecule has 1 aliphatic heterocycles. The van der Waals surface area contributed by atoms with Gasteiger partial charge in [0, 0.05) is 0 Å². The normalized spacial score (nSPS) is 14.3. The van der Waals surface area contributed by atoms with Crippen molar-refractivity contribution in [2.75, 3.05) is 13.2 Å². The first-order valence-electron chi connectivity index (χ1n) is 6.65. The van der Waals surface area contributed by atoms with Gasteiger partial charge in [0.05, 0.1) is 0 Å². The van der Waals surface area contributed by atoms with Gasteiger partial charge in [0.15, 0.2) is 0 Å². The van der Waals surface area contributed by atoms with E-state index in [1.54, 1.807) is 0 Å². The molecule has 0 aromatic heterocycles. The first kappa shape index (κ1) is 13.1. The molecule has 17 heavy (non-hydrogen) atoms. The van der Waals surface area contributed by atoms with Gasteiger partial charge in [-0.15, -0.1) is 0 Å². The molecule has 2 rings (SSSR count). The van der Waals surface area contributed by atoms with Gasteiger partial charge in [-0.2, -0.15) is 0 Å². The van der Waals surface area contributed by atoms with E-state index in [4.69, 9.17) is 9.47 Å². The van der Waals surface area contributed by atoms with Crippen molar-refractivity contribution in [2.45, 2.75) is 33.6 Å². The molecule has 0 fully saturated rings. The van der Waals surface area contributed by atoms with Gasteiger partial charge in [-0.05, 0) is 0 Å². The average molecular weight is 341 g/mol. The summed E-state index contributed by atoms with van der Waals surface area (Å²) < 4.78 is 13.0. The third kappa shape index (κ3) is 3.80. The van der Waals surface area contributed by atoms with Gasteiger partial charge in [-0.25, -0.2) is 0 Å². The zero-order valence-electron chi connectivity index (χ0n) is 10.9. The molecule has 2 nitrogen and oxygen atoms in total. The molecule has 1 heterocycles. The van der Waals surface area contributed by atoms with E-state index in [1.165, 1.54) is 16.4 Å². The average Bonchev–Trinajstić information content (AvgIpc) is 2.34. The van der Waals surface area contributed by atoms with Gasteiger partial charge in [0.1, 0.15) is 0 Å². The van der Waals surface area contributed by atoms with Crippen LogP contribution < -0.4 is 9.47 Å². The van der Waals surface area contributed by atoms with Gasteiger partial charge >= 0.3 is 111 Å². The summed E-state index contributed by atoms with van der Waals surface area (Å²) in [6.45, 7) is 1.71. The molecule has 0 radical (unpaired) electrons. The molecule has 0 bridgehead atoms. The maximum absolute atomic E-state index is 5.91. The van der Waals surface area contributed by atoms with E-state index in [-0.39, 0.29) is 0 Å². The van der Waals surface area contributed by atoms with E-state index < -0.39 is 19.8 Å². The van der Waals surface area contributed by atoms with Crippen LogP contribution in [0.25, 0.3) is 0 Å². The molecule has 0 unspecified atom stereocenters. The quantitative estimate of drug-likeness (QED) is 0.605. The van der Waals surface area contributed by atoms with Gasteiger partial charge < -0.3 is 0 Å². The number of fused-ring (bicyclic) bond motifs is 1. The Morgan fingerprint density at radius 3 is 3.06 bits per heavy atom. The minimum atomic E-state index is -1.03. The van der Waals surface area contributed by atoms with Crippen molar-refractivity contribution in [1.29, 1.82) is 0 Å². The fraction of sp³-hybridized carbons (Fsp3) is 0.571. The Morgan fingerprint density at radius 2 is 2.24 bits per heavy atom. The number of rotatable bonds is 5. The second-order valence-electron chi connectivity index (χ2n) is 5.07. The fourth-order valence-electron chi connectivity index (χ4n) is 2.17. The van der Waals surface area contributed by atoms with Crippen molar-refractivity contribution in [2.24, 2.45) is 0 Å². The molecular formula is C14H22O2Sn. The van der Waals surface area contributed by atoms with Gasteiger partial charge in [0.25, 0.3) is 0 Å². The van der Waals surface area contributed by atoms with E-state index in [0.29, 0.717) is 0 Å². The minimum absolute atomic E-state index is 0.846. The predicted octanol–water partition coefficient (Wildman–Crippen LogP) is 3.27. The van der Waals surface area contributed by atoms with Crippen LogP contribution in [-0.2, 0) is 6.42 Å². The molecule has 94 valence electrons. The van der Waals surface area contributed by atoms with Crippen molar-refractivity contribution in [1.82, 2.24) is 0 Å². The Morgan fingerprint density at radius 1 is 1.35 bits per heavy atom. The summed E-state index contributed by atoms with van der Waals surface area (Å²) in [6.07, 6.45) is 3.42. The standard InChI is InChI=1S/C12H15O2.2CH3.Sn.H/c1-2-8-13-11-6-3-7-12-10(11)5-4-9-14-12;;;;/h3,6-7H,1-2,4-5,8-9H2;2*1H3;;. The third-order valence-corrected chi connectivity index (χ3v) is 7.56. The van der Waals surface area contributed by atoms with Crippen molar-refractivity contribution < 1.29 is 9.47 Å². The van der Waals surface area contributed by atoms with Crippen LogP contribution in [0.1, 0.15) is 18.4 Å². The summed E-state index contributed by atoms with van der Waals surface area (Å²) in [5.41, 5.74) is 1.27. The Labute approximate surface area is 111 Å². The molecule has 1 aromatic rings. The van der Waals surface area contributed by atoms with E-state index in [9.17, 15) is 0 Å². The maximum atomic E-state index is 5.91. The second-order valence-corrected chi connectivity index (χ2v) is 14.7. The van der Waals surface area contributed by atoms with E-state index in [1.807, 2.05) is 12.1 Å². The van der Waals surface area contributed by atoms with Crippen LogP contribution in [0.2, 0.25) is 14.3 Å². The third-order valence-electron chi connectivity index (χ3n) is 3.10. The number of benzene rings is 1. The number of ether oxygens (including phenoxy) is 2. The monoisotopic (exact) mass is 342 g/mol. The van der Waals surface area contributed by atoms with Crippen LogP contribution in [0.3, 0.4) is 0 Å². The Bertz CT molecular complexity index is 363. The van der Waals surface area contributed by atoms with Crippen molar-refractivity contribution in [3.63, 3.8) is 0 Å². The molecule has 0 saturated heterocycles. The molecule has 3 heteroatoms. The molecular weight excluding hydrogens is 319 g/mol. The van der Waals surface area contributed by atoms with Gasteiger partial charge in [0.2, 0.25) is 0 Å². The summed E-state index contributed by atoms with van der Waals surface area (Å²) in [5, 5.41) is 0. The molecule has 0 amide bonds. The number of hydrogen-bond donors (Lipinski definition) is 0. The van der Waals surface area contributed by atoms with Crippen LogP contribution in [0.5, 0.6) is 11.5 Å². The zero-order valence-corrected chi connectivity index (χ0v) is 14.2. The zero-order chi connectivity index (χ0) is 12.1. The fourth-order valence-corrected chi connectivity index (χ4v) is 4.97. The van der Waals surface area contributed by atoms with Gasteiger partial charge in [-0.1, -0.05) is 0 Å². The van der Waals surface area contributed by atoms with Crippen LogP contribution in [0, 0.1) is 0 Å². The SMILES string of the molecule is [CH3][SnH]([CH3])[CH2]CCOc1cccc2c1CCCO2. The summed E-state index contributed by atoms with van der Waals surface area (Å²) in [4.78, 5) is 4.92. The van der Waals surface area contributed by atoms with Crippen molar-refractivity contribution in [3.05, 3.63) is 23.8 Å². The van der Waals surface area contributed by atoms with Crippen LogP contribution >= 0.6 is 0 Å². The topological polar surface area (TPSA) is 18.5 Å². The number of hydrogen-bond acceptors (Lipinski definition) is 2. The Kier molecular flexibility index (Phi) is 5.01. The first-order valence-corrected chi connectivity index (χ1v) is 15.6. The van der Waals surface area contributed by atoms with Crippen LogP contribution in [0.15, 0.2) is 18.2 Å². The van der Waals surface area contributed by atoms with E-state index in [2.05, 4.69) is 15.9 Å². The summed E-state index contributed by atoms with van der Waals surface area (Å²) in [7, 11) is 0. The van der Waals surface area contributed by atoms with Crippen LogP contribution in [0.4, 0.5) is 0 Å². The summed E-state index contributed by atoms with van der Waals surface area (Å²) in [6, 6.07) is 6.15. The summed E-state index contributed by atoms with van der Waals surface area (Å²) >= 11 is -1.03. The second kappa shape index (κ2) is 6.52. The van der Waals surface area contributed by atoms with E-state index >= 15 is 0 Å². The molecule has 0 aliphatic carbocycles. The van der Waals surface area contributed by atoms with Crippen molar-refractivity contribution >= 4 is 19.8 Å². The summed E-state index contributed by atoms with van der Waals surface area (Å²) in [5.74, 6) is 2.07. The molecule has 1 aromatic carbocycles. The Hall–Kier alpha value is -0.381. The molecule has 0 N–H and O–H groups in total. The Balaban J connectivity index is 1.92. The molecule has 0 atom stereocenters. The molecule has 0 spiro atoms. The van der Waals surface area contributed by atoms with E-state index in [0.717, 1.165) is 37.6 Å². The van der Waals surface area contributed by atoms with Crippen molar-refractivity contribution in [3.8, 4) is 11.5 Å². The first-order chi connectivity index (χ1) is 8.27.